The molecule has 0 saturated heterocycles. The van der Waals surface area contributed by atoms with E-state index in [0.717, 1.165) is 0 Å². The maximum absolute atomic E-state index is 12.8. The molecule has 22 heavy (non-hydrogen) atoms. The Kier molecular flexibility index (Phi) is 6.00. The van der Waals surface area contributed by atoms with E-state index in [-0.39, 0.29) is 5.60 Å². The molecule has 2 unspecified atom stereocenters. The van der Waals surface area contributed by atoms with Crippen LogP contribution in [0.1, 0.15) is 58.8 Å². The summed E-state index contributed by atoms with van der Waals surface area (Å²) < 4.78 is 23.9. The van der Waals surface area contributed by atoms with E-state index in [9.17, 15) is 9.36 Å². The van der Waals surface area contributed by atoms with Crippen LogP contribution in [-0.4, -0.2) is 23.0 Å². The van der Waals surface area contributed by atoms with E-state index in [1.54, 1.807) is 31.2 Å². The van der Waals surface area contributed by atoms with Crippen LogP contribution < -0.4 is 5.30 Å². The maximum Gasteiger partial charge on any atom is 0.339 e. The van der Waals surface area contributed by atoms with Gasteiger partial charge in [0.2, 0.25) is 0 Å². The fraction of sp³-hybridized carbons (Fsp3) is 0.588. The van der Waals surface area contributed by atoms with Crippen LogP contribution in [0.3, 0.4) is 0 Å². The molecule has 2 atom stereocenters. The van der Waals surface area contributed by atoms with E-state index in [0.29, 0.717) is 10.9 Å². The topological polar surface area (TPSA) is 52.6 Å². The minimum Gasteiger partial charge on any atom is -0.456 e. The molecular weight excluding hydrogens is 299 g/mol. The van der Waals surface area contributed by atoms with Gasteiger partial charge in [-0.2, -0.15) is 0 Å². The highest BCUT2D eigenvalue weighted by Gasteiger charge is 2.26. The van der Waals surface area contributed by atoms with Gasteiger partial charge in [-0.3, -0.25) is 0 Å². The van der Waals surface area contributed by atoms with Gasteiger partial charge in [-0.25, -0.2) is 4.79 Å². The van der Waals surface area contributed by atoms with Gasteiger partial charge < -0.3 is 14.0 Å². The Morgan fingerprint density at radius 3 is 2.09 bits per heavy atom. The minimum atomic E-state index is -2.28. The number of esters is 1. The molecule has 1 rings (SSSR count). The van der Waals surface area contributed by atoms with Crippen LogP contribution in [-0.2, 0) is 14.0 Å². The van der Waals surface area contributed by atoms with Gasteiger partial charge in [0.05, 0.1) is 11.2 Å². The molecule has 1 aromatic rings. The highest BCUT2D eigenvalue weighted by Crippen LogP contribution is 2.32. The van der Waals surface area contributed by atoms with Crippen LogP contribution >= 0.6 is 7.80 Å². The minimum absolute atomic E-state index is 0.352. The molecule has 0 fully saturated rings. The van der Waals surface area contributed by atoms with Crippen molar-refractivity contribution in [2.45, 2.75) is 65.5 Å². The first-order valence-corrected chi connectivity index (χ1v) is 8.94. The van der Waals surface area contributed by atoms with Crippen molar-refractivity contribution in [1.29, 1.82) is 0 Å². The third kappa shape index (κ3) is 5.94. The Hall–Kier alpha value is -1.12. The Bertz CT molecular complexity index is 553. The van der Waals surface area contributed by atoms with Gasteiger partial charge in [-0.1, -0.05) is 18.2 Å². The summed E-state index contributed by atoms with van der Waals surface area (Å²) in [6.45, 7) is 12.9. The highest BCUT2D eigenvalue weighted by molar-refractivity contribution is 7.54. The molecule has 0 heterocycles. The molecule has 0 N–H and O–H groups in total. The summed E-state index contributed by atoms with van der Waals surface area (Å²) in [7, 11) is -2.28. The predicted molar refractivity (Wildman–Crippen MR) is 90.5 cm³/mol. The number of hydrogen-bond acceptors (Lipinski definition) is 4. The summed E-state index contributed by atoms with van der Waals surface area (Å²) in [4.78, 5) is 12.3. The number of ether oxygens (including phenoxy) is 2. The Morgan fingerprint density at radius 2 is 1.59 bits per heavy atom. The number of carbonyl (C=O) groups is 1. The standard InChI is InChI=1S/C17H27O4P/c1-12(20-16(2,3)4)22(19)14-11-9-8-10-13(14)15(18)21-17(5,6)7/h8-12,22H,1-7H3. The monoisotopic (exact) mass is 326 g/mol. The molecule has 0 aliphatic heterocycles. The van der Waals surface area contributed by atoms with E-state index in [1.807, 2.05) is 41.5 Å². The lowest BCUT2D eigenvalue weighted by Crippen LogP contribution is -2.28. The number of hydrogen-bond donors (Lipinski definition) is 0. The molecule has 0 saturated carbocycles. The molecule has 1 aromatic carbocycles. The second kappa shape index (κ2) is 6.97. The summed E-state index contributed by atoms with van der Waals surface area (Å²) in [6.07, 6.45) is 0. The number of rotatable bonds is 4. The average molecular weight is 326 g/mol. The molecular formula is C17H27O4P. The summed E-state index contributed by atoms with van der Waals surface area (Å²) >= 11 is 0. The van der Waals surface area contributed by atoms with Crippen LogP contribution in [0.15, 0.2) is 24.3 Å². The summed E-state index contributed by atoms with van der Waals surface area (Å²) in [6, 6.07) is 6.88. The Labute approximate surface area is 134 Å². The lowest BCUT2D eigenvalue weighted by atomic mass is 10.1. The molecule has 0 aliphatic carbocycles. The fourth-order valence-electron chi connectivity index (χ4n) is 2.01. The van der Waals surface area contributed by atoms with Gasteiger partial charge in [0.25, 0.3) is 0 Å². The second-order valence-electron chi connectivity index (χ2n) is 7.28. The zero-order valence-corrected chi connectivity index (χ0v) is 15.5. The third-order valence-electron chi connectivity index (χ3n) is 2.71. The van der Waals surface area contributed by atoms with Crippen molar-refractivity contribution >= 4 is 19.1 Å². The molecule has 0 radical (unpaired) electrons. The van der Waals surface area contributed by atoms with Gasteiger partial charge in [-0.15, -0.1) is 0 Å². The van der Waals surface area contributed by atoms with Crippen LogP contribution in [0.2, 0.25) is 0 Å². The highest BCUT2D eigenvalue weighted by atomic mass is 31.1. The van der Waals surface area contributed by atoms with Crippen LogP contribution in [0.5, 0.6) is 0 Å². The molecule has 0 aromatic heterocycles. The second-order valence-corrected chi connectivity index (χ2v) is 9.36. The normalized spacial score (nSPS) is 15.2. The summed E-state index contributed by atoms with van der Waals surface area (Å²) in [5.41, 5.74) is -0.626. The van der Waals surface area contributed by atoms with E-state index >= 15 is 0 Å². The van der Waals surface area contributed by atoms with E-state index < -0.39 is 25.2 Å². The van der Waals surface area contributed by atoms with Gasteiger partial charge >= 0.3 is 5.97 Å². The smallest absolute Gasteiger partial charge is 0.339 e. The van der Waals surface area contributed by atoms with Crippen LogP contribution in [0.4, 0.5) is 0 Å². The van der Waals surface area contributed by atoms with Crippen molar-refractivity contribution in [2.24, 2.45) is 0 Å². The molecule has 4 nitrogen and oxygen atoms in total. The average Bonchev–Trinajstić information content (AvgIpc) is 2.33. The van der Waals surface area contributed by atoms with Gasteiger partial charge in [0.1, 0.15) is 19.2 Å². The lowest BCUT2D eigenvalue weighted by molar-refractivity contribution is -0.0148. The van der Waals surface area contributed by atoms with Gasteiger partial charge in [0.15, 0.2) is 0 Å². The first kappa shape index (κ1) is 18.9. The summed E-state index contributed by atoms with van der Waals surface area (Å²) in [5.74, 6) is -0.905. The first-order chi connectivity index (χ1) is 9.91. The fourth-order valence-corrected chi connectivity index (χ4v) is 3.62. The van der Waals surface area contributed by atoms with Crippen molar-refractivity contribution < 1.29 is 18.8 Å². The zero-order valence-electron chi connectivity index (χ0n) is 14.5. The van der Waals surface area contributed by atoms with Crippen LogP contribution in [0, 0.1) is 0 Å². The van der Waals surface area contributed by atoms with E-state index in [1.165, 1.54) is 0 Å². The molecule has 0 aliphatic rings. The van der Waals surface area contributed by atoms with E-state index in [4.69, 9.17) is 9.47 Å². The molecule has 0 spiro atoms. The summed E-state index contributed by atoms with van der Waals surface area (Å²) in [5, 5.41) is 0.513. The molecule has 0 amide bonds. The Balaban J connectivity index is 3.06. The predicted octanol–water partition coefficient (Wildman–Crippen LogP) is 3.99. The zero-order chi connectivity index (χ0) is 17.1. The SMILES string of the molecule is CC(OC(C)(C)C)[PH](=O)c1ccccc1C(=O)OC(C)(C)C. The number of benzene rings is 1. The van der Waals surface area contributed by atoms with Crippen molar-refractivity contribution in [3.8, 4) is 0 Å². The quantitative estimate of drug-likeness (QED) is 0.620. The van der Waals surface area contributed by atoms with Gasteiger partial charge in [-0.05, 0) is 54.5 Å². The lowest BCUT2D eigenvalue weighted by Gasteiger charge is -2.25. The van der Waals surface area contributed by atoms with Crippen molar-refractivity contribution in [3.63, 3.8) is 0 Å². The van der Waals surface area contributed by atoms with Crippen molar-refractivity contribution in [3.05, 3.63) is 29.8 Å². The van der Waals surface area contributed by atoms with Gasteiger partial charge in [0, 0.05) is 5.30 Å². The maximum atomic E-state index is 12.8. The Morgan fingerprint density at radius 1 is 1.05 bits per heavy atom. The molecule has 0 bridgehead atoms. The first-order valence-electron chi connectivity index (χ1n) is 7.45. The largest absolute Gasteiger partial charge is 0.456 e. The third-order valence-corrected chi connectivity index (χ3v) is 4.53. The van der Waals surface area contributed by atoms with Crippen molar-refractivity contribution in [2.75, 3.05) is 0 Å². The van der Waals surface area contributed by atoms with Crippen LogP contribution in [0.25, 0.3) is 0 Å². The van der Waals surface area contributed by atoms with Crippen molar-refractivity contribution in [1.82, 2.24) is 0 Å². The number of carbonyl (C=O) groups excluding carboxylic acids is 1. The molecule has 5 heteroatoms. The molecule has 124 valence electrons. The van der Waals surface area contributed by atoms with E-state index in [2.05, 4.69) is 0 Å².